The van der Waals surface area contributed by atoms with Gasteiger partial charge in [-0.2, -0.15) is 0 Å². The molecule has 1 saturated carbocycles. The lowest BCUT2D eigenvalue weighted by molar-refractivity contribution is -0.141. The molecular formula is C13H18N2O4. The number of carboxylic acid groups (broad SMARTS) is 1. The summed E-state index contributed by atoms with van der Waals surface area (Å²) in [6.45, 7) is 0. The van der Waals surface area contributed by atoms with Gasteiger partial charge in [0.2, 0.25) is 0 Å². The third-order valence-corrected chi connectivity index (χ3v) is 4.56. The summed E-state index contributed by atoms with van der Waals surface area (Å²) in [4.78, 5) is 38.5. The number of urea groups is 1. The molecule has 2 heterocycles. The van der Waals surface area contributed by atoms with E-state index < -0.39 is 18.1 Å². The molecule has 2 saturated heterocycles. The third-order valence-electron chi connectivity index (χ3n) is 4.56. The van der Waals surface area contributed by atoms with Crippen molar-refractivity contribution in [3.63, 3.8) is 0 Å². The van der Waals surface area contributed by atoms with Crippen LogP contribution in [0.25, 0.3) is 0 Å². The van der Waals surface area contributed by atoms with Crippen molar-refractivity contribution < 1.29 is 19.5 Å². The van der Waals surface area contributed by atoms with Crippen LogP contribution in [0.2, 0.25) is 0 Å². The average Bonchev–Trinajstić information content (AvgIpc) is 2.93. The highest BCUT2D eigenvalue weighted by molar-refractivity contribution is 6.06. The molecule has 0 aromatic carbocycles. The zero-order valence-corrected chi connectivity index (χ0v) is 10.7. The number of nitrogens with zero attached hydrogens (tertiary/aromatic N) is 2. The summed E-state index contributed by atoms with van der Waals surface area (Å²) >= 11 is 0. The maximum atomic E-state index is 12.4. The molecule has 0 bridgehead atoms. The first kappa shape index (κ1) is 12.4. The molecule has 3 fully saturated rings. The fraction of sp³-hybridized carbons (Fsp3) is 0.769. The Labute approximate surface area is 111 Å². The van der Waals surface area contributed by atoms with Crippen molar-refractivity contribution in [1.82, 2.24) is 9.80 Å². The van der Waals surface area contributed by atoms with Crippen LogP contribution in [-0.2, 0) is 9.59 Å². The number of hydrogen-bond donors (Lipinski definition) is 1. The van der Waals surface area contributed by atoms with E-state index >= 15 is 0 Å². The summed E-state index contributed by atoms with van der Waals surface area (Å²) in [6.07, 6.45) is 5.80. The number of rotatable bonds is 2. The first-order chi connectivity index (χ1) is 9.11. The largest absolute Gasteiger partial charge is 0.480 e. The maximum Gasteiger partial charge on any atom is 0.328 e. The molecule has 2 aliphatic heterocycles. The number of carbonyl (C=O) groups is 3. The number of hydrogen-bond acceptors (Lipinski definition) is 3. The van der Waals surface area contributed by atoms with Crippen LogP contribution in [0.5, 0.6) is 0 Å². The van der Waals surface area contributed by atoms with Crippen LogP contribution in [0.15, 0.2) is 0 Å². The van der Waals surface area contributed by atoms with Crippen molar-refractivity contribution >= 4 is 17.9 Å². The number of carboxylic acids is 1. The third kappa shape index (κ3) is 1.81. The molecule has 1 aliphatic carbocycles. The van der Waals surface area contributed by atoms with Gasteiger partial charge in [-0.1, -0.05) is 19.3 Å². The Morgan fingerprint density at radius 3 is 2.37 bits per heavy atom. The Kier molecular flexibility index (Phi) is 2.95. The molecule has 6 heteroatoms. The second-order valence-corrected chi connectivity index (χ2v) is 5.64. The van der Waals surface area contributed by atoms with Crippen LogP contribution >= 0.6 is 0 Å². The highest BCUT2D eigenvalue weighted by Crippen LogP contribution is 2.36. The lowest BCUT2D eigenvalue weighted by Crippen LogP contribution is -2.45. The minimum Gasteiger partial charge on any atom is -0.480 e. The minimum absolute atomic E-state index is 0.0196. The van der Waals surface area contributed by atoms with E-state index in [0.717, 1.165) is 32.1 Å². The van der Waals surface area contributed by atoms with Crippen molar-refractivity contribution in [2.75, 3.05) is 0 Å². The van der Waals surface area contributed by atoms with E-state index in [1.807, 2.05) is 0 Å². The average molecular weight is 266 g/mol. The lowest BCUT2D eigenvalue weighted by atomic mass is 9.94. The normalized spacial score (nSPS) is 32.0. The van der Waals surface area contributed by atoms with Gasteiger partial charge in [0.1, 0.15) is 12.1 Å². The van der Waals surface area contributed by atoms with E-state index in [1.165, 1.54) is 9.80 Å². The smallest absolute Gasteiger partial charge is 0.328 e. The van der Waals surface area contributed by atoms with Gasteiger partial charge in [0.15, 0.2) is 0 Å². The van der Waals surface area contributed by atoms with E-state index in [2.05, 4.69) is 0 Å². The summed E-state index contributed by atoms with van der Waals surface area (Å²) in [5.74, 6) is -1.19. The topological polar surface area (TPSA) is 77.9 Å². The molecule has 6 nitrogen and oxygen atoms in total. The zero-order valence-electron chi connectivity index (χ0n) is 10.7. The second-order valence-electron chi connectivity index (χ2n) is 5.64. The monoisotopic (exact) mass is 266 g/mol. The Balaban J connectivity index is 1.83. The Morgan fingerprint density at radius 1 is 1.05 bits per heavy atom. The van der Waals surface area contributed by atoms with Crippen LogP contribution in [0.3, 0.4) is 0 Å². The van der Waals surface area contributed by atoms with Crippen molar-refractivity contribution in [2.24, 2.45) is 0 Å². The first-order valence-electron chi connectivity index (χ1n) is 6.99. The van der Waals surface area contributed by atoms with Gasteiger partial charge in [0.05, 0.1) is 0 Å². The number of aliphatic carboxylic acids is 1. The van der Waals surface area contributed by atoms with Crippen LogP contribution in [0.1, 0.15) is 44.9 Å². The fourth-order valence-electron chi connectivity index (χ4n) is 3.62. The highest BCUT2D eigenvalue weighted by atomic mass is 16.4. The van der Waals surface area contributed by atoms with Crippen LogP contribution < -0.4 is 0 Å². The quantitative estimate of drug-likeness (QED) is 0.762. The molecule has 1 N–H and O–H groups in total. The summed E-state index contributed by atoms with van der Waals surface area (Å²) in [5, 5.41) is 9.14. The van der Waals surface area contributed by atoms with Gasteiger partial charge in [0.25, 0.3) is 5.91 Å². The summed E-state index contributed by atoms with van der Waals surface area (Å²) in [7, 11) is 0. The molecule has 19 heavy (non-hydrogen) atoms. The van der Waals surface area contributed by atoms with Crippen LogP contribution in [0, 0.1) is 0 Å². The number of fused-ring (bicyclic) bond motifs is 1. The molecule has 3 aliphatic rings. The van der Waals surface area contributed by atoms with E-state index in [-0.39, 0.29) is 18.0 Å². The van der Waals surface area contributed by atoms with Gasteiger partial charge in [-0.05, 0) is 25.7 Å². The minimum atomic E-state index is -1.01. The summed E-state index contributed by atoms with van der Waals surface area (Å²) in [5.41, 5.74) is 0. The molecule has 2 atom stereocenters. The van der Waals surface area contributed by atoms with E-state index in [9.17, 15) is 14.4 Å². The Morgan fingerprint density at radius 2 is 1.74 bits per heavy atom. The Bertz CT molecular complexity index is 430. The van der Waals surface area contributed by atoms with Gasteiger partial charge in [-0.3, -0.25) is 14.6 Å². The molecule has 0 spiro atoms. The van der Waals surface area contributed by atoms with Crippen molar-refractivity contribution in [1.29, 1.82) is 0 Å². The summed E-state index contributed by atoms with van der Waals surface area (Å²) < 4.78 is 0. The Hall–Kier alpha value is -1.59. The second kappa shape index (κ2) is 4.51. The first-order valence-corrected chi connectivity index (χ1v) is 6.99. The zero-order chi connectivity index (χ0) is 13.6. The summed E-state index contributed by atoms with van der Waals surface area (Å²) in [6, 6.07) is -1.76. The maximum absolute atomic E-state index is 12.4. The predicted octanol–water partition coefficient (Wildman–Crippen LogP) is 1.20. The number of carbonyl (C=O) groups excluding carboxylic acids is 2. The highest BCUT2D eigenvalue weighted by Gasteiger charge is 2.55. The molecule has 0 aromatic rings. The SMILES string of the molecule is O=C(O)C1CCC2C(=O)N(C3CCCCC3)C(=O)N12. The standard InChI is InChI=1S/C13H18N2O4/c16-11-9-6-7-10(12(17)18)15(9)13(19)14(11)8-4-2-1-3-5-8/h8-10H,1-7H2,(H,17,18). The van der Waals surface area contributed by atoms with Crippen LogP contribution in [-0.4, -0.2) is 50.9 Å². The van der Waals surface area contributed by atoms with E-state index in [1.54, 1.807) is 0 Å². The predicted molar refractivity (Wildman–Crippen MR) is 65.4 cm³/mol. The molecule has 0 radical (unpaired) electrons. The van der Waals surface area contributed by atoms with Crippen molar-refractivity contribution in [3.8, 4) is 0 Å². The molecular weight excluding hydrogens is 248 g/mol. The van der Waals surface area contributed by atoms with Gasteiger partial charge < -0.3 is 5.11 Å². The van der Waals surface area contributed by atoms with E-state index in [0.29, 0.717) is 12.8 Å². The lowest BCUT2D eigenvalue weighted by Gasteiger charge is -2.30. The fourth-order valence-corrected chi connectivity index (χ4v) is 3.62. The molecule has 104 valence electrons. The molecule has 3 amide bonds. The van der Waals surface area contributed by atoms with Crippen molar-refractivity contribution in [3.05, 3.63) is 0 Å². The number of imide groups is 1. The van der Waals surface area contributed by atoms with E-state index in [4.69, 9.17) is 5.11 Å². The molecule has 0 aromatic heterocycles. The molecule has 2 unspecified atom stereocenters. The van der Waals surface area contributed by atoms with Gasteiger partial charge in [-0.25, -0.2) is 9.59 Å². The van der Waals surface area contributed by atoms with Gasteiger partial charge in [-0.15, -0.1) is 0 Å². The number of amides is 3. The van der Waals surface area contributed by atoms with Gasteiger partial charge in [0, 0.05) is 6.04 Å². The van der Waals surface area contributed by atoms with Crippen molar-refractivity contribution in [2.45, 2.75) is 63.1 Å². The van der Waals surface area contributed by atoms with Crippen LogP contribution in [0.4, 0.5) is 4.79 Å². The molecule has 3 rings (SSSR count). The van der Waals surface area contributed by atoms with Gasteiger partial charge >= 0.3 is 12.0 Å².